The van der Waals surface area contributed by atoms with Gasteiger partial charge in [-0.1, -0.05) is 38.2 Å². The summed E-state index contributed by atoms with van der Waals surface area (Å²) in [5.74, 6) is -0.304. The van der Waals surface area contributed by atoms with Crippen LogP contribution < -0.4 is 4.74 Å². The lowest BCUT2D eigenvalue weighted by Gasteiger charge is -2.35. The quantitative estimate of drug-likeness (QED) is 0.553. The van der Waals surface area contributed by atoms with Gasteiger partial charge >= 0.3 is 5.97 Å². The summed E-state index contributed by atoms with van der Waals surface area (Å²) in [6.07, 6.45) is 13.1. The number of hydrogen-bond donors (Lipinski definition) is 0. The van der Waals surface area contributed by atoms with Crippen molar-refractivity contribution in [2.75, 3.05) is 0 Å². The molecular weight excluding hydrogens is 374 g/mol. The van der Waals surface area contributed by atoms with Crippen LogP contribution in [0.25, 0.3) is 0 Å². The standard InChI is InChI=1S/C24H32F2O3/c25-21-14-9-18-8-12-20(29-24(18)23(21)26)13-15-22(27)28-19-10-6-17(7-11-19)16-4-2-1-3-5-16/h9,14,16-17,19-20H,1-8,10-13,15H2. The zero-order valence-corrected chi connectivity index (χ0v) is 17.1. The van der Waals surface area contributed by atoms with Crippen molar-refractivity contribution in [3.8, 4) is 5.75 Å². The molecule has 1 atom stereocenters. The van der Waals surface area contributed by atoms with Crippen molar-refractivity contribution in [2.45, 2.75) is 95.7 Å². The van der Waals surface area contributed by atoms with Crippen molar-refractivity contribution >= 4 is 5.97 Å². The SMILES string of the molecule is O=C(CCC1CCc2ccc(F)c(F)c2O1)OC1CCC(C2CCCCC2)CC1. The zero-order valence-electron chi connectivity index (χ0n) is 17.1. The molecule has 1 aromatic rings. The van der Waals surface area contributed by atoms with Crippen LogP contribution in [0.4, 0.5) is 8.78 Å². The summed E-state index contributed by atoms with van der Waals surface area (Å²) < 4.78 is 38.7. The number of carbonyl (C=O) groups is 1. The summed E-state index contributed by atoms with van der Waals surface area (Å²) in [7, 11) is 0. The second-order valence-electron chi connectivity index (χ2n) is 9.09. The maximum atomic E-state index is 13.9. The molecule has 1 aromatic carbocycles. The van der Waals surface area contributed by atoms with Gasteiger partial charge in [0.15, 0.2) is 11.6 Å². The van der Waals surface area contributed by atoms with Gasteiger partial charge in [0.2, 0.25) is 5.82 Å². The van der Waals surface area contributed by atoms with E-state index in [1.54, 1.807) is 6.07 Å². The van der Waals surface area contributed by atoms with Gasteiger partial charge in [-0.2, -0.15) is 4.39 Å². The fourth-order valence-corrected chi connectivity index (χ4v) is 5.45. The monoisotopic (exact) mass is 406 g/mol. The van der Waals surface area contributed by atoms with Crippen LogP contribution in [0.3, 0.4) is 0 Å². The molecule has 0 N–H and O–H groups in total. The Bertz CT molecular complexity index is 706. The molecule has 29 heavy (non-hydrogen) atoms. The third-order valence-electron chi connectivity index (χ3n) is 7.16. The van der Waals surface area contributed by atoms with Crippen LogP contribution >= 0.6 is 0 Å². The van der Waals surface area contributed by atoms with E-state index in [-0.39, 0.29) is 30.3 Å². The van der Waals surface area contributed by atoms with Crippen molar-refractivity contribution in [3.63, 3.8) is 0 Å². The highest BCUT2D eigenvalue weighted by molar-refractivity contribution is 5.69. The van der Waals surface area contributed by atoms with Crippen molar-refractivity contribution in [1.82, 2.24) is 0 Å². The second-order valence-corrected chi connectivity index (χ2v) is 9.09. The Labute approximate surface area is 172 Å². The van der Waals surface area contributed by atoms with Gasteiger partial charge in [-0.05, 0) is 68.4 Å². The Morgan fingerprint density at radius 1 is 0.966 bits per heavy atom. The van der Waals surface area contributed by atoms with Crippen LogP contribution in [-0.4, -0.2) is 18.2 Å². The Balaban J connectivity index is 1.19. The van der Waals surface area contributed by atoms with E-state index < -0.39 is 11.6 Å². The highest BCUT2D eigenvalue weighted by Gasteiger charge is 2.30. The van der Waals surface area contributed by atoms with Gasteiger partial charge in [-0.15, -0.1) is 0 Å². The average molecular weight is 407 g/mol. The maximum absolute atomic E-state index is 13.9. The van der Waals surface area contributed by atoms with E-state index in [0.717, 1.165) is 30.7 Å². The lowest BCUT2D eigenvalue weighted by Crippen LogP contribution is -2.29. The van der Waals surface area contributed by atoms with Gasteiger partial charge in [0.05, 0.1) is 6.10 Å². The minimum atomic E-state index is -0.926. The van der Waals surface area contributed by atoms with E-state index >= 15 is 0 Å². The number of ether oxygens (including phenoxy) is 2. The number of esters is 1. The summed E-state index contributed by atoms with van der Waals surface area (Å²) in [5, 5.41) is 0. The normalized spacial score (nSPS) is 27.7. The molecular formula is C24H32F2O3. The minimum Gasteiger partial charge on any atom is -0.487 e. The van der Waals surface area contributed by atoms with E-state index in [4.69, 9.17) is 9.47 Å². The van der Waals surface area contributed by atoms with Crippen molar-refractivity contribution in [2.24, 2.45) is 11.8 Å². The van der Waals surface area contributed by atoms with Gasteiger partial charge in [-0.3, -0.25) is 4.79 Å². The molecule has 0 saturated heterocycles. The van der Waals surface area contributed by atoms with Crippen LogP contribution in [0.2, 0.25) is 0 Å². The zero-order chi connectivity index (χ0) is 20.2. The molecule has 0 amide bonds. The van der Waals surface area contributed by atoms with Gasteiger partial charge in [0.25, 0.3) is 0 Å². The predicted molar refractivity (Wildman–Crippen MR) is 107 cm³/mol. The summed E-state index contributed by atoms with van der Waals surface area (Å²) in [5.41, 5.74) is 0.692. The first-order valence-corrected chi connectivity index (χ1v) is 11.4. The maximum Gasteiger partial charge on any atom is 0.306 e. The number of fused-ring (bicyclic) bond motifs is 1. The molecule has 0 radical (unpaired) electrons. The first-order chi connectivity index (χ1) is 14.1. The van der Waals surface area contributed by atoms with Crippen LogP contribution in [0.5, 0.6) is 5.75 Å². The highest BCUT2D eigenvalue weighted by atomic mass is 19.2. The Morgan fingerprint density at radius 2 is 1.69 bits per heavy atom. The summed E-state index contributed by atoms with van der Waals surface area (Å²) in [4.78, 5) is 12.3. The predicted octanol–water partition coefficient (Wildman–Crippen LogP) is 6.12. The van der Waals surface area contributed by atoms with Crippen LogP contribution in [0.15, 0.2) is 12.1 Å². The molecule has 2 saturated carbocycles. The van der Waals surface area contributed by atoms with Crippen molar-refractivity contribution in [3.05, 3.63) is 29.3 Å². The van der Waals surface area contributed by atoms with Gasteiger partial charge < -0.3 is 9.47 Å². The lowest BCUT2D eigenvalue weighted by molar-refractivity contribution is -0.151. The third-order valence-corrected chi connectivity index (χ3v) is 7.16. The van der Waals surface area contributed by atoms with E-state index in [1.807, 2.05) is 0 Å². The number of hydrogen-bond acceptors (Lipinski definition) is 3. The van der Waals surface area contributed by atoms with Crippen molar-refractivity contribution in [1.29, 1.82) is 0 Å². The van der Waals surface area contributed by atoms with Crippen LogP contribution in [-0.2, 0) is 16.0 Å². The van der Waals surface area contributed by atoms with E-state index in [2.05, 4.69) is 0 Å². The highest BCUT2D eigenvalue weighted by Crippen LogP contribution is 2.39. The molecule has 3 aliphatic rings. The van der Waals surface area contributed by atoms with E-state index in [9.17, 15) is 13.6 Å². The second kappa shape index (κ2) is 9.44. The number of carbonyl (C=O) groups excluding carboxylic acids is 1. The van der Waals surface area contributed by atoms with Crippen LogP contribution in [0.1, 0.15) is 82.6 Å². The smallest absolute Gasteiger partial charge is 0.306 e. The largest absolute Gasteiger partial charge is 0.487 e. The molecule has 4 rings (SSSR count). The Morgan fingerprint density at radius 3 is 2.45 bits per heavy atom. The van der Waals surface area contributed by atoms with Gasteiger partial charge in [0, 0.05) is 6.42 Å². The summed E-state index contributed by atoms with van der Waals surface area (Å²) in [6, 6.07) is 2.71. The van der Waals surface area contributed by atoms with Crippen LogP contribution in [0, 0.1) is 23.5 Å². The summed E-state index contributed by atoms with van der Waals surface area (Å²) >= 11 is 0. The Kier molecular flexibility index (Phi) is 6.71. The molecule has 2 fully saturated rings. The number of aryl methyl sites for hydroxylation is 1. The fraction of sp³-hybridized carbons (Fsp3) is 0.708. The molecule has 0 bridgehead atoms. The Hall–Kier alpha value is -1.65. The van der Waals surface area contributed by atoms with E-state index in [0.29, 0.717) is 24.8 Å². The first-order valence-electron chi connectivity index (χ1n) is 11.4. The molecule has 1 aliphatic heterocycles. The molecule has 3 nitrogen and oxygen atoms in total. The lowest BCUT2D eigenvalue weighted by atomic mass is 9.73. The molecule has 0 aromatic heterocycles. The first kappa shape index (κ1) is 20.6. The van der Waals surface area contributed by atoms with Crippen molar-refractivity contribution < 1.29 is 23.0 Å². The molecule has 1 unspecified atom stereocenters. The molecule has 160 valence electrons. The molecule has 2 aliphatic carbocycles. The molecule has 1 heterocycles. The topological polar surface area (TPSA) is 35.5 Å². The third kappa shape index (κ3) is 5.10. The number of benzene rings is 1. The average Bonchev–Trinajstić information content (AvgIpc) is 2.76. The molecule has 5 heteroatoms. The van der Waals surface area contributed by atoms with Gasteiger partial charge in [-0.25, -0.2) is 4.39 Å². The van der Waals surface area contributed by atoms with Gasteiger partial charge in [0.1, 0.15) is 6.10 Å². The molecule has 0 spiro atoms. The number of halogens is 2. The number of rotatable bonds is 5. The summed E-state index contributed by atoms with van der Waals surface area (Å²) in [6.45, 7) is 0. The minimum absolute atomic E-state index is 0.00986. The van der Waals surface area contributed by atoms with E-state index in [1.165, 1.54) is 44.9 Å². The fourth-order valence-electron chi connectivity index (χ4n) is 5.45.